The number of carbonyl (C=O) groups is 1. The van der Waals surface area contributed by atoms with Gasteiger partial charge in [0.05, 0.1) is 18.4 Å². The second-order valence-corrected chi connectivity index (χ2v) is 5.22. The van der Waals surface area contributed by atoms with E-state index < -0.39 is 22.1 Å². The fourth-order valence-electron chi connectivity index (χ4n) is 1.05. The summed E-state index contributed by atoms with van der Waals surface area (Å²) in [6.07, 6.45) is 1.27. The van der Waals surface area contributed by atoms with Crippen LogP contribution in [0.4, 0.5) is 4.79 Å². The van der Waals surface area contributed by atoms with Gasteiger partial charge < -0.3 is 4.90 Å². The number of rotatable bonds is 4. The van der Waals surface area contributed by atoms with Gasteiger partial charge >= 0.3 is 6.03 Å². The van der Waals surface area contributed by atoms with Crippen molar-refractivity contribution in [3.63, 3.8) is 0 Å². The Kier molecular flexibility index (Phi) is 3.52. The van der Waals surface area contributed by atoms with Crippen LogP contribution < -0.4 is 4.72 Å². The van der Waals surface area contributed by atoms with Crippen molar-refractivity contribution in [2.45, 2.75) is 25.8 Å². The van der Waals surface area contributed by atoms with Crippen molar-refractivity contribution in [2.75, 3.05) is 12.3 Å². The number of carbonyl (C=O) groups excluding carboxylic acids is 1. The van der Waals surface area contributed by atoms with E-state index in [1.807, 2.05) is 17.7 Å². The first-order chi connectivity index (χ1) is 7.00. The van der Waals surface area contributed by atoms with E-state index in [1.54, 1.807) is 0 Å². The molecule has 0 aliphatic carbocycles. The maximum atomic E-state index is 11.3. The molecule has 1 aliphatic rings. The molecule has 1 aliphatic heterocycles. The maximum absolute atomic E-state index is 11.3. The van der Waals surface area contributed by atoms with Crippen molar-refractivity contribution >= 4 is 16.1 Å². The molecule has 1 fully saturated rings. The number of unbranched alkanes of at least 4 members (excludes halogenated alkanes) is 1. The summed E-state index contributed by atoms with van der Waals surface area (Å²) in [6.45, 7) is 2.18. The van der Waals surface area contributed by atoms with Gasteiger partial charge in [0.15, 0.2) is 0 Å². The predicted molar refractivity (Wildman–Crippen MR) is 53.3 cm³/mol. The first-order valence-electron chi connectivity index (χ1n) is 4.71. The molecular formula is C8H13N3O3S. The number of sulfonamides is 1. The predicted octanol–water partition coefficient (Wildman–Crippen LogP) is 0.0337. The molecule has 1 atom stereocenters. The Labute approximate surface area is 88.9 Å². The smallest absolute Gasteiger partial charge is 0.303 e. The molecule has 0 aromatic carbocycles. The molecule has 0 spiro atoms. The Hall–Kier alpha value is -1.29. The van der Waals surface area contributed by atoms with E-state index in [0.29, 0.717) is 13.0 Å². The molecule has 0 radical (unpaired) electrons. The number of hydrogen-bond acceptors (Lipinski definition) is 4. The highest BCUT2D eigenvalue weighted by Crippen LogP contribution is 2.15. The summed E-state index contributed by atoms with van der Waals surface area (Å²) in [7, 11) is -3.53. The third kappa shape index (κ3) is 3.40. The number of nitriles is 1. The molecule has 1 unspecified atom stereocenters. The van der Waals surface area contributed by atoms with Crippen molar-refractivity contribution in [3.8, 4) is 6.07 Å². The quantitative estimate of drug-likeness (QED) is 0.691. The number of urea groups is 1. The van der Waals surface area contributed by atoms with Crippen molar-refractivity contribution < 1.29 is 13.2 Å². The summed E-state index contributed by atoms with van der Waals surface area (Å²) >= 11 is 0. The van der Waals surface area contributed by atoms with Crippen molar-refractivity contribution in [2.24, 2.45) is 0 Å². The first-order valence-corrected chi connectivity index (χ1v) is 6.36. The van der Waals surface area contributed by atoms with Gasteiger partial charge in [0.1, 0.15) is 6.04 Å². The lowest BCUT2D eigenvalue weighted by Gasteiger charge is -2.06. The Bertz CT molecular complexity index is 384. The number of nitrogens with one attached hydrogen (secondary N) is 1. The van der Waals surface area contributed by atoms with E-state index in [0.717, 1.165) is 6.42 Å². The lowest BCUT2D eigenvalue weighted by Crippen LogP contribution is -2.36. The summed E-state index contributed by atoms with van der Waals surface area (Å²) in [6, 6.07) is 0.706. The number of hydrogen-bond donors (Lipinski definition) is 1. The summed E-state index contributed by atoms with van der Waals surface area (Å²) in [5, 5.41) is 8.44. The van der Waals surface area contributed by atoms with Crippen LogP contribution in [0.3, 0.4) is 0 Å². The lowest BCUT2D eigenvalue weighted by molar-refractivity contribution is 0.234. The summed E-state index contributed by atoms with van der Waals surface area (Å²) in [5.74, 6) is -0.0553. The van der Waals surface area contributed by atoms with Crippen LogP contribution in [0, 0.1) is 11.3 Å². The molecular weight excluding hydrogens is 218 g/mol. The van der Waals surface area contributed by atoms with Crippen LogP contribution in [0.5, 0.6) is 0 Å². The van der Waals surface area contributed by atoms with Crippen LogP contribution in [-0.2, 0) is 10.0 Å². The van der Waals surface area contributed by atoms with E-state index in [2.05, 4.69) is 0 Å². The summed E-state index contributed by atoms with van der Waals surface area (Å²) in [5.41, 5.74) is 0. The van der Waals surface area contributed by atoms with Gasteiger partial charge in [0, 0.05) is 0 Å². The summed E-state index contributed by atoms with van der Waals surface area (Å²) < 4.78 is 24.5. The first kappa shape index (κ1) is 11.8. The monoisotopic (exact) mass is 231 g/mol. The molecule has 7 heteroatoms. The van der Waals surface area contributed by atoms with Gasteiger partial charge in [0.25, 0.3) is 0 Å². The second kappa shape index (κ2) is 4.49. The van der Waals surface area contributed by atoms with E-state index in [1.165, 1.54) is 4.90 Å². The Balaban J connectivity index is 2.42. The lowest BCUT2D eigenvalue weighted by atomic mass is 10.4. The minimum atomic E-state index is -3.53. The molecule has 0 aromatic heterocycles. The minimum absolute atomic E-state index is 0.0553. The van der Waals surface area contributed by atoms with Gasteiger partial charge in [-0.15, -0.1) is 0 Å². The number of amides is 2. The topological polar surface area (TPSA) is 90.0 Å². The molecule has 84 valence electrons. The molecule has 1 heterocycles. The van der Waals surface area contributed by atoms with Gasteiger partial charge in [-0.1, -0.05) is 13.3 Å². The normalized spacial score (nSPS) is 19.5. The highest BCUT2D eigenvalue weighted by molar-refractivity contribution is 7.90. The zero-order chi connectivity index (χ0) is 11.5. The molecule has 2 amide bonds. The van der Waals surface area contributed by atoms with Crippen molar-refractivity contribution in [1.29, 1.82) is 5.26 Å². The minimum Gasteiger partial charge on any atom is -0.303 e. The number of nitrogens with zero attached hydrogens (tertiary/aromatic N) is 2. The molecule has 6 nitrogen and oxygen atoms in total. The molecule has 0 aromatic rings. The third-order valence-electron chi connectivity index (χ3n) is 2.03. The van der Waals surface area contributed by atoms with Crippen LogP contribution in [0.25, 0.3) is 0 Å². The fraction of sp³-hybridized carbons (Fsp3) is 0.750. The van der Waals surface area contributed by atoms with E-state index >= 15 is 0 Å². The van der Waals surface area contributed by atoms with Crippen molar-refractivity contribution in [1.82, 2.24) is 9.62 Å². The van der Waals surface area contributed by atoms with Crippen LogP contribution in [0.2, 0.25) is 0 Å². The zero-order valence-corrected chi connectivity index (χ0v) is 9.25. The van der Waals surface area contributed by atoms with Crippen molar-refractivity contribution in [3.05, 3.63) is 0 Å². The van der Waals surface area contributed by atoms with Gasteiger partial charge in [-0.3, -0.25) is 0 Å². The summed E-state index contributed by atoms with van der Waals surface area (Å²) in [4.78, 5) is 12.4. The third-order valence-corrected chi connectivity index (χ3v) is 3.34. The average molecular weight is 231 g/mol. The standard InChI is InChI=1S/C8H13N3O3S/c1-2-3-4-15(13,14)10-8(12)11-6-7(11)5-9/h7H,2-4,6H2,1H3,(H,10,12). The van der Waals surface area contributed by atoms with Gasteiger partial charge in [0.2, 0.25) is 10.0 Å². The molecule has 15 heavy (non-hydrogen) atoms. The molecule has 1 saturated heterocycles. The Morgan fingerprint density at radius 1 is 1.67 bits per heavy atom. The van der Waals surface area contributed by atoms with Crippen LogP contribution in [0.1, 0.15) is 19.8 Å². The Morgan fingerprint density at radius 2 is 2.33 bits per heavy atom. The molecule has 1 N–H and O–H groups in total. The maximum Gasteiger partial charge on any atom is 0.332 e. The van der Waals surface area contributed by atoms with E-state index in [-0.39, 0.29) is 5.75 Å². The highest BCUT2D eigenvalue weighted by Gasteiger charge is 2.39. The van der Waals surface area contributed by atoms with Gasteiger partial charge in [-0.05, 0) is 6.42 Å². The van der Waals surface area contributed by atoms with Crippen LogP contribution in [-0.4, -0.2) is 37.7 Å². The molecule has 0 saturated carbocycles. The SMILES string of the molecule is CCCCS(=O)(=O)NC(=O)N1CC1C#N. The Morgan fingerprint density at radius 3 is 2.80 bits per heavy atom. The second-order valence-electron chi connectivity index (χ2n) is 3.38. The molecule has 0 bridgehead atoms. The molecule has 1 rings (SSSR count). The van der Waals surface area contributed by atoms with E-state index in [4.69, 9.17) is 5.26 Å². The van der Waals surface area contributed by atoms with Crippen LogP contribution in [0.15, 0.2) is 0 Å². The van der Waals surface area contributed by atoms with E-state index in [9.17, 15) is 13.2 Å². The van der Waals surface area contributed by atoms with Crippen LogP contribution >= 0.6 is 0 Å². The zero-order valence-electron chi connectivity index (χ0n) is 8.43. The van der Waals surface area contributed by atoms with Gasteiger partial charge in [-0.25, -0.2) is 17.9 Å². The van der Waals surface area contributed by atoms with Gasteiger partial charge in [-0.2, -0.15) is 5.26 Å². The highest BCUT2D eigenvalue weighted by atomic mass is 32.2. The average Bonchev–Trinajstić information content (AvgIpc) is 2.93. The largest absolute Gasteiger partial charge is 0.332 e. The fourth-order valence-corrected chi connectivity index (χ4v) is 2.21.